The van der Waals surface area contributed by atoms with E-state index >= 15 is 0 Å². The second-order valence-corrected chi connectivity index (χ2v) is 7.85. The number of nitrogens with zero attached hydrogens (tertiary/aromatic N) is 4. The summed E-state index contributed by atoms with van der Waals surface area (Å²) in [4.78, 5) is 11.0. The Balaban J connectivity index is 1.59. The van der Waals surface area contributed by atoms with Crippen LogP contribution in [0.15, 0.2) is 61.1 Å². The SMILES string of the molecule is COc1ccncc1N(c1ccc(C)cc1)C1CCC(c2ccc(C#N)nc2)CC1. The van der Waals surface area contributed by atoms with Crippen LogP contribution in [0.2, 0.25) is 0 Å². The largest absolute Gasteiger partial charge is 0.494 e. The second kappa shape index (κ2) is 8.96. The number of aromatic nitrogens is 2. The Morgan fingerprint density at radius 2 is 1.77 bits per heavy atom. The molecule has 0 unspecified atom stereocenters. The maximum absolute atomic E-state index is 8.98. The van der Waals surface area contributed by atoms with E-state index < -0.39 is 0 Å². The van der Waals surface area contributed by atoms with E-state index in [4.69, 9.17) is 10.00 Å². The quantitative estimate of drug-likeness (QED) is 0.565. The van der Waals surface area contributed by atoms with Crippen LogP contribution >= 0.6 is 0 Å². The molecule has 0 spiro atoms. The molecule has 2 aromatic heterocycles. The van der Waals surface area contributed by atoms with Crippen LogP contribution in [0.4, 0.5) is 11.4 Å². The molecule has 5 nitrogen and oxygen atoms in total. The van der Waals surface area contributed by atoms with Crippen LogP contribution in [0.25, 0.3) is 0 Å². The van der Waals surface area contributed by atoms with Crippen LogP contribution in [0, 0.1) is 18.3 Å². The van der Waals surface area contributed by atoms with Crippen molar-refractivity contribution in [1.82, 2.24) is 9.97 Å². The Morgan fingerprint density at radius 3 is 2.40 bits per heavy atom. The van der Waals surface area contributed by atoms with Crippen LogP contribution in [0.5, 0.6) is 5.75 Å². The zero-order valence-corrected chi connectivity index (χ0v) is 17.5. The van der Waals surface area contributed by atoms with Crippen molar-refractivity contribution in [3.8, 4) is 11.8 Å². The molecule has 0 aliphatic heterocycles. The molecule has 0 radical (unpaired) electrons. The molecule has 30 heavy (non-hydrogen) atoms. The van der Waals surface area contributed by atoms with Gasteiger partial charge in [-0.2, -0.15) is 5.26 Å². The lowest BCUT2D eigenvalue weighted by molar-refractivity contribution is 0.383. The molecule has 152 valence electrons. The molecule has 4 rings (SSSR count). The van der Waals surface area contributed by atoms with E-state index in [0.29, 0.717) is 17.7 Å². The van der Waals surface area contributed by atoms with E-state index in [0.717, 1.165) is 42.8 Å². The minimum absolute atomic E-state index is 0.369. The first-order valence-electron chi connectivity index (χ1n) is 10.4. The van der Waals surface area contributed by atoms with Crippen LogP contribution < -0.4 is 9.64 Å². The Morgan fingerprint density at radius 1 is 1.00 bits per heavy atom. The van der Waals surface area contributed by atoms with Crippen LogP contribution in [0.1, 0.15) is 48.4 Å². The van der Waals surface area contributed by atoms with E-state index in [2.05, 4.69) is 58.2 Å². The Hall–Kier alpha value is -3.39. The molecule has 5 heteroatoms. The molecule has 0 N–H and O–H groups in total. The van der Waals surface area contributed by atoms with Crippen molar-refractivity contribution in [2.45, 2.75) is 44.6 Å². The van der Waals surface area contributed by atoms with Gasteiger partial charge in [0.05, 0.1) is 13.3 Å². The van der Waals surface area contributed by atoms with E-state index in [1.165, 1.54) is 11.1 Å². The van der Waals surface area contributed by atoms with Crippen LogP contribution in [0.3, 0.4) is 0 Å². The summed E-state index contributed by atoms with van der Waals surface area (Å²) < 4.78 is 5.66. The van der Waals surface area contributed by atoms with Crippen molar-refractivity contribution in [3.63, 3.8) is 0 Å². The molecular formula is C25H26N4O. The van der Waals surface area contributed by atoms with Gasteiger partial charge >= 0.3 is 0 Å². The average molecular weight is 399 g/mol. The van der Waals surface area contributed by atoms with Crippen molar-refractivity contribution < 1.29 is 4.74 Å². The molecule has 1 fully saturated rings. The minimum Gasteiger partial charge on any atom is -0.494 e. The maximum Gasteiger partial charge on any atom is 0.145 e. The standard InChI is InChI=1S/C25H26N4O/c1-18-3-9-22(10-4-18)29(24-17-27-14-13-25(24)30-2)23-11-6-19(7-12-23)20-5-8-21(15-26)28-16-20/h3-5,8-10,13-14,16-17,19,23H,6-7,11-12H2,1-2H3. The van der Waals surface area contributed by atoms with Crippen molar-refractivity contribution in [2.75, 3.05) is 12.0 Å². The summed E-state index contributed by atoms with van der Waals surface area (Å²) in [5.41, 5.74) is 5.12. The highest BCUT2D eigenvalue weighted by molar-refractivity contribution is 5.69. The zero-order chi connectivity index (χ0) is 20.9. The predicted molar refractivity (Wildman–Crippen MR) is 118 cm³/mol. The second-order valence-electron chi connectivity index (χ2n) is 7.85. The van der Waals surface area contributed by atoms with E-state index in [-0.39, 0.29) is 0 Å². The van der Waals surface area contributed by atoms with Gasteiger partial charge in [0, 0.05) is 30.2 Å². The molecular weight excluding hydrogens is 372 g/mol. The molecule has 0 atom stereocenters. The van der Waals surface area contributed by atoms with Crippen molar-refractivity contribution in [3.05, 3.63) is 77.9 Å². The molecule has 3 aromatic rings. The van der Waals surface area contributed by atoms with Crippen molar-refractivity contribution >= 4 is 11.4 Å². The lowest BCUT2D eigenvalue weighted by Gasteiger charge is -2.39. The van der Waals surface area contributed by atoms with Crippen LogP contribution in [-0.2, 0) is 0 Å². The lowest BCUT2D eigenvalue weighted by atomic mass is 9.81. The van der Waals surface area contributed by atoms with E-state index in [9.17, 15) is 0 Å². The molecule has 1 aliphatic rings. The summed E-state index contributed by atoms with van der Waals surface area (Å²) in [5.74, 6) is 1.32. The monoisotopic (exact) mass is 398 g/mol. The minimum atomic E-state index is 0.369. The fourth-order valence-electron chi connectivity index (χ4n) is 4.36. The summed E-state index contributed by atoms with van der Waals surface area (Å²) in [5, 5.41) is 8.98. The summed E-state index contributed by atoms with van der Waals surface area (Å²) in [6.45, 7) is 2.11. The number of methoxy groups -OCH3 is 1. The number of aryl methyl sites for hydroxylation is 1. The van der Waals surface area contributed by atoms with E-state index in [1.54, 1.807) is 13.3 Å². The highest BCUT2D eigenvalue weighted by atomic mass is 16.5. The number of nitriles is 1. The van der Waals surface area contributed by atoms with Crippen molar-refractivity contribution in [2.24, 2.45) is 0 Å². The van der Waals surface area contributed by atoms with Gasteiger partial charge in [0.15, 0.2) is 0 Å². The molecule has 0 saturated heterocycles. The lowest BCUT2D eigenvalue weighted by Crippen LogP contribution is -2.34. The summed E-state index contributed by atoms with van der Waals surface area (Å²) in [6, 6.07) is 16.9. The van der Waals surface area contributed by atoms with Gasteiger partial charge in [0.25, 0.3) is 0 Å². The Bertz CT molecular complexity index is 1020. The molecule has 0 bridgehead atoms. The Labute approximate surface area is 178 Å². The zero-order valence-electron chi connectivity index (χ0n) is 17.5. The van der Waals surface area contributed by atoms with Gasteiger partial charge in [-0.3, -0.25) is 4.98 Å². The number of ether oxygens (including phenoxy) is 1. The summed E-state index contributed by atoms with van der Waals surface area (Å²) in [6.07, 6.45) is 9.84. The normalized spacial score (nSPS) is 18.4. The fraction of sp³-hybridized carbons (Fsp3) is 0.320. The number of hydrogen-bond acceptors (Lipinski definition) is 5. The highest BCUT2D eigenvalue weighted by Gasteiger charge is 2.29. The average Bonchev–Trinajstić information content (AvgIpc) is 2.81. The van der Waals surface area contributed by atoms with Gasteiger partial charge in [-0.15, -0.1) is 0 Å². The first-order chi connectivity index (χ1) is 14.7. The van der Waals surface area contributed by atoms with Gasteiger partial charge < -0.3 is 9.64 Å². The smallest absolute Gasteiger partial charge is 0.145 e. The summed E-state index contributed by atoms with van der Waals surface area (Å²) in [7, 11) is 1.71. The summed E-state index contributed by atoms with van der Waals surface area (Å²) >= 11 is 0. The van der Waals surface area contributed by atoms with Gasteiger partial charge in [0.1, 0.15) is 23.2 Å². The van der Waals surface area contributed by atoms with Gasteiger partial charge in [-0.05, 0) is 62.3 Å². The first-order valence-corrected chi connectivity index (χ1v) is 10.4. The van der Waals surface area contributed by atoms with Crippen LogP contribution in [-0.4, -0.2) is 23.1 Å². The number of pyridine rings is 2. The molecule has 1 aliphatic carbocycles. The topological polar surface area (TPSA) is 62.0 Å². The third kappa shape index (κ3) is 4.13. The highest BCUT2D eigenvalue weighted by Crippen LogP contribution is 2.41. The number of benzene rings is 1. The molecule has 1 aromatic carbocycles. The number of hydrogen-bond donors (Lipinski definition) is 0. The predicted octanol–water partition coefficient (Wildman–Crippen LogP) is 5.53. The Kier molecular flexibility index (Phi) is 5.94. The number of anilines is 2. The first kappa shape index (κ1) is 19.9. The third-order valence-electron chi connectivity index (χ3n) is 5.99. The maximum atomic E-state index is 8.98. The van der Waals surface area contributed by atoms with Gasteiger partial charge in [-0.25, -0.2) is 4.98 Å². The molecule has 2 heterocycles. The van der Waals surface area contributed by atoms with Gasteiger partial charge in [-0.1, -0.05) is 23.8 Å². The third-order valence-corrected chi connectivity index (χ3v) is 5.99. The number of rotatable bonds is 5. The molecule has 0 amide bonds. The van der Waals surface area contributed by atoms with Gasteiger partial charge in [0.2, 0.25) is 0 Å². The van der Waals surface area contributed by atoms with E-state index in [1.807, 2.05) is 24.5 Å². The van der Waals surface area contributed by atoms with Crippen molar-refractivity contribution in [1.29, 1.82) is 5.26 Å². The molecule has 1 saturated carbocycles. The fourth-order valence-corrected chi connectivity index (χ4v) is 4.36.